The second kappa shape index (κ2) is 8.56. The van der Waals surface area contributed by atoms with Crippen LogP contribution in [0.5, 0.6) is 0 Å². The normalized spacial score (nSPS) is 11.6. The van der Waals surface area contributed by atoms with Gasteiger partial charge < -0.3 is 10.6 Å². The summed E-state index contributed by atoms with van der Waals surface area (Å²) < 4.78 is 56.7. The molecule has 0 atom stereocenters. The molecule has 0 bridgehead atoms. The molecule has 2 N–H and O–H groups in total. The van der Waals surface area contributed by atoms with E-state index in [2.05, 4.69) is 0 Å². The predicted molar refractivity (Wildman–Crippen MR) is 103 cm³/mol. The van der Waals surface area contributed by atoms with Gasteiger partial charge in [-0.15, -0.1) is 0 Å². The Balaban J connectivity index is 2.26. The van der Waals surface area contributed by atoms with Crippen molar-refractivity contribution in [1.82, 2.24) is 0 Å². The van der Waals surface area contributed by atoms with Gasteiger partial charge in [-0.05, 0) is 26.0 Å². The zero-order valence-electron chi connectivity index (χ0n) is 16.3. The fourth-order valence-corrected chi connectivity index (χ4v) is 2.47. The highest BCUT2D eigenvalue weighted by Crippen LogP contribution is 2.37. The van der Waals surface area contributed by atoms with Crippen molar-refractivity contribution in [3.8, 4) is 0 Å². The molecule has 0 heterocycles. The number of carbonyl (C=O) groups is 2. The summed E-state index contributed by atoms with van der Waals surface area (Å²) in [6.45, 7) is 2.65. The van der Waals surface area contributed by atoms with Crippen LogP contribution in [0.2, 0.25) is 0 Å². The number of rotatable bonds is 7. The summed E-state index contributed by atoms with van der Waals surface area (Å²) in [4.78, 5) is 43.7. The highest BCUT2D eigenvalue weighted by atomic mass is 19.3. The summed E-state index contributed by atoms with van der Waals surface area (Å²) in [5.74, 6) is -16.3. The van der Waals surface area contributed by atoms with Crippen molar-refractivity contribution in [2.75, 3.05) is 10.6 Å². The number of anilines is 2. The second-order valence-electron chi connectivity index (χ2n) is 6.57. The number of alkyl halides is 4. The van der Waals surface area contributed by atoms with Gasteiger partial charge in [-0.3, -0.25) is 29.8 Å². The van der Waals surface area contributed by atoms with Gasteiger partial charge in [0.1, 0.15) is 0 Å². The van der Waals surface area contributed by atoms with Crippen molar-refractivity contribution in [3.63, 3.8) is 0 Å². The molecular formula is C18H14F4N4O6. The van der Waals surface area contributed by atoms with E-state index in [1.807, 2.05) is 0 Å². The van der Waals surface area contributed by atoms with E-state index in [1.54, 1.807) is 0 Å². The standard InChI is InChI=1S/C18H14F4N4O6/c1-9-3-5-11(7-13(9)25(29)30)23-15(27)17(19,20)18(21,22)16(28)24-12-6-4-10(2)14(8-12)26(31)32/h3-8H,1-2H3,(H,23,27)(H,24,28). The van der Waals surface area contributed by atoms with Crippen molar-refractivity contribution in [3.05, 3.63) is 67.8 Å². The monoisotopic (exact) mass is 458 g/mol. The van der Waals surface area contributed by atoms with Crippen LogP contribution in [0.4, 0.5) is 40.3 Å². The van der Waals surface area contributed by atoms with Gasteiger partial charge in [0.2, 0.25) is 0 Å². The van der Waals surface area contributed by atoms with Crippen molar-refractivity contribution >= 4 is 34.6 Å². The Morgan fingerprint density at radius 1 is 0.750 bits per heavy atom. The largest absolute Gasteiger partial charge is 0.396 e. The van der Waals surface area contributed by atoms with Crippen LogP contribution < -0.4 is 10.6 Å². The third kappa shape index (κ3) is 4.63. The molecule has 0 aliphatic rings. The van der Waals surface area contributed by atoms with E-state index < -0.39 is 56.3 Å². The molecule has 0 fully saturated rings. The number of amides is 2. The summed E-state index contributed by atoms with van der Waals surface area (Å²) in [5.41, 5.74) is -2.02. The van der Waals surface area contributed by atoms with Crippen LogP contribution in [-0.2, 0) is 9.59 Å². The Kier molecular flexibility index (Phi) is 6.47. The fourth-order valence-electron chi connectivity index (χ4n) is 2.47. The van der Waals surface area contributed by atoms with Gasteiger partial charge in [-0.2, -0.15) is 17.6 Å². The van der Waals surface area contributed by atoms with E-state index >= 15 is 0 Å². The molecule has 2 amide bonds. The van der Waals surface area contributed by atoms with Gasteiger partial charge in [0.15, 0.2) is 0 Å². The minimum absolute atomic E-state index is 0.122. The third-order valence-corrected chi connectivity index (χ3v) is 4.29. The Labute approximate surface area is 176 Å². The average molecular weight is 458 g/mol. The van der Waals surface area contributed by atoms with Crippen molar-refractivity contribution in [2.24, 2.45) is 0 Å². The lowest BCUT2D eigenvalue weighted by Gasteiger charge is -2.24. The first-order valence-corrected chi connectivity index (χ1v) is 8.57. The van der Waals surface area contributed by atoms with Gasteiger partial charge in [0.25, 0.3) is 11.4 Å². The molecular weight excluding hydrogens is 444 g/mol. The molecule has 0 radical (unpaired) electrons. The van der Waals surface area contributed by atoms with Crippen LogP contribution in [0.1, 0.15) is 11.1 Å². The zero-order valence-corrected chi connectivity index (χ0v) is 16.3. The van der Waals surface area contributed by atoms with E-state index in [0.29, 0.717) is 12.1 Å². The topological polar surface area (TPSA) is 144 Å². The number of benzene rings is 2. The molecule has 0 unspecified atom stereocenters. The molecule has 10 nitrogen and oxygen atoms in total. The molecule has 0 aliphatic carbocycles. The molecule has 0 aliphatic heterocycles. The Morgan fingerprint density at radius 3 is 1.34 bits per heavy atom. The molecule has 0 spiro atoms. The van der Waals surface area contributed by atoms with Gasteiger partial charge in [0.05, 0.1) is 9.85 Å². The van der Waals surface area contributed by atoms with Crippen molar-refractivity contribution < 1.29 is 37.0 Å². The third-order valence-electron chi connectivity index (χ3n) is 4.29. The summed E-state index contributed by atoms with van der Waals surface area (Å²) >= 11 is 0. The lowest BCUT2D eigenvalue weighted by molar-refractivity contribution is -0.385. The van der Waals surface area contributed by atoms with Crippen LogP contribution in [0.15, 0.2) is 36.4 Å². The lowest BCUT2D eigenvalue weighted by Crippen LogP contribution is -2.56. The van der Waals surface area contributed by atoms with E-state index in [1.165, 1.54) is 24.5 Å². The Morgan fingerprint density at radius 2 is 1.06 bits per heavy atom. The van der Waals surface area contributed by atoms with E-state index in [4.69, 9.17) is 0 Å². The number of nitro groups is 2. The van der Waals surface area contributed by atoms with Crippen LogP contribution in [0, 0.1) is 34.1 Å². The summed E-state index contributed by atoms with van der Waals surface area (Å²) in [7, 11) is 0. The average Bonchev–Trinajstić information content (AvgIpc) is 2.70. The van der Waals surface area contributed by atoms with Crippen LogP contribution in [0.25, 0.3) is 0 Å². The van der Waals surface area contributed by atoms with Crippen LogP contribution in [-0.4, -0.2) is 33.5 Å². The maximum absolute atomic E-state index is 14.2. The van der Waals surface area contributed by atoms with E-state index in [-0.39, 0.29) is 11.1 Å². The van der Waals surface area contributed by atoms with Gasteiger partial charge in [0, 0.05) is 34.6 Å². The number of nitrogens with zero attached hydrogens (tertiary/aromatic N) is 2. The van der Waals surface area contributed by atoms with Crippen LogP contribution in [0.3, 0.4) is 0 Å². The molecule has 2 rings (SSSR count). The number of nitro benzene ring substituents is 2. The molecule has 2 aromatic rings. The predicted octanol–water partition coefficient (Wildman–Crippen LogP) is 3.97. The summed E-state index contributed by atoms with van der Waals surface area (Å²) in [6.07, 6.45) is 0. The minimum atomic E-state index is -5.58. The number of hydrogen-bond donors (Lipinski definition) is 2. The Bertz CT molecular complexity index is 1040. The number of carbonyl (C=O) groups excluding carboxylic acids is 2. The van der Waals surface area contributed by atoms with Crippen molar-refractivity contribution in [1.29, 1.82) is 0 Å². The molecule has 0 saturated carbocycles. The smallest absolute Gasteiger partial charge is 0.320 e. The highest BCUT2D eigenvalue weighted by molar-refractivity contribution is 6.05. The van der Waals surface area contributed by atoms with E-state index in [0.717, 1.165) is 24.3 Å². The minimum Gasteiger partial charge on any atom is -0.320 e. The lowest BCUT2D eigenvalue weighted by atomic mass is 10.1. The summed E-state index contributed by atoms with van der Waals surface area (Å²) in [5, 5.41) is 24.6. The molecule has 14 heteroatoms. The first kappa shape index (κ1) is 24.2. The van der Waals surface area contributed by atoms with Crippen molar-refractivity contribution in [2.45, 2.75) is 25.7 Å². The molecule has 2 aromatic carbocycles. The highest BCUT2D eigenvalue weighted by Gasteiger charge is 2.67. The van der Waals surface area contributed by atoms with Gasteiger partial charge in [-0.1, -0.05) is 12.1 Å². The number of halogens is 4. The molecule has 32 heavy (non-hydrogen) atoms. The first-order chi connectivity index (χ1) is 14.7. The molecule has 0 saturated heterocycles. The first-order valence-electron chi connectivity index (χ1n) is 8.57. The van der Waals surface area contributed by atoms with Gasteiger partial charge in [-0.25, -0.2) is 0 Å². The maximum atomic E-state index is 14.2. The number of aryl methyl sites for hydroxylation is 2. The zero-order chi connectivity index (χ0) is 24.4. The fraction of sp³-hybridized carbons (Fsp3) is 0.222. The van der Waals surface area contributed by atoms with Gasteiger partial charge >= 0.3 is 23.7 Å². The quantitative estimate of drug-likeness (QED) is 0.365. The maximum Gasteiger partial charge on any atom is 0.396 e. The number of hydrogen-bond acceptors (Lipinski definition) is 6. The molecule has 0 aromatic heterocycles. The summed E-state index contributed by atoms with van der Waals surface area (Å²) in [6, 6.07) is 5.52. The number of nitrogens with one attached hydrogen (secondary N) is 2. The Hall–Kier alpha value is -4.10. The van der Waals surface area contributed by atoms with Crippen LogP contribution >= 0.6 is 0 Å². The van der Waals surface area contributed by atoms with E-state index in [9.17, 15) is 47.4 Å². The SMILES string of the molecule is Cc1ccc(NC(=O)C(F)(F)C(F)(F)C(=O)Nc2ccc(C)c([N+](=O)[O-])c2)cc1[N+](=O)[O-]. The second-order valence-corrected chi connectivity index (χ2v) is 6.57. The molecule has 170 valence electrons.